The number of halogens is 6. The van der Waals surface area contributed by atoms with Gasteiger partial charge in [-0.1, -0.05) is 6.07 Å². The number of nitrogens with one attached hydrogen (secondary N) is 1. The normalized spacial score (nSPS) is 14.3. The molecule has 0 amide bonds. The third kappa shape index (κ3) is 4.98. The SMILES string of the molecule is OC(CCNc1cccc(C(F)(F)F)c1)C(F)(F)F. The number of alkyl halides is 6. The second-order valence-electron chi connectivity index (χ2n) is 3.85. The molecule has 1 unspecified atom stereocenters. The van der Waals surface area contributed by atoms with Crippen molar-refractivity contribution in [3.63, 3.8) is 0 Å². The summed E-state index contributed by atoms with van der Waals surface area (Å²) in [6.07, 6.45) is -12.4. The van der Waals surface area contributed by atoms with Gasteiger partial charge in [0.1, 0.15) is 0 Å². The second kappa shape index (κ2) is 5.68. The van der Waals surface area contributed by atoms with Crippen molar-refractivity contribution < 1.29 is 31.4 Å². The lowest BCUT2D eigenvalue weighted by Gasteiger charge is -2.15. The van der Waals surface area contributed by atoms with Crippen molar-refractivity contribution in [2.24, 2.45) is 0 Å². The summed E-state index contributed by atoms with van der Waals surface area (Å²) in [6.45, 7) is -0.290. The molecule has 8 heteroatoms. The highest BCUT2D eigenvalue weighted by atomic mass is 19.4. The summed E-state index contributed by atoms with van der Waals surface area (Å²) in [5, 5.41) is 11.1. The molecule has 19 heavy (non-hydrogen) atoms. The van der Waals surface area contributed by atoms with E-state index in [1.807, 2.05) is 0 Å². The van der Waals surface area contributed by atoms with Crippen molar-refractivity contribution in [2.75, 3.05) is 11.9 Å². The van der Waals surface area contributed by atoms with E-state index >= 15 is 0 Å². The van der Waals surface area contributed by atoms with Gasteiger partial charge in [0, 0.05) is 12.2 Å². The van der Waals surface area contributed by atoms with E-state index in [9.17, 15) is 26.3 Å². The summed E-state index contributed by atoms with van der Waals surface area (Å²) in [7, 11) is 0. The summed E-state index contributed by atoms with van der Waals surface area (Å²) in [5.41, 5.74) is -0.849. The molecule has 0 aliphatic heterocycles. The molecule has 108 valence electrons. The highest BCUT2D eigenvalue weighted by molar-refractivity contribution is 5.46. The first-order valence-electron chi connectivity index (χ1n) is 5.26. The molecule has 1 atom stereocenters. The molecule has 0 aromatic heterocycles. The molecule has 0 aliphatic carbocycles. The van der Waals surface area contributed by atoms with Gasteiger partial charge in [0.2, 0.25) is 0 Å². The van der Waals surface area contributed by atoms with Crippen LogP contribution >= 0.6 is 0 Å². The number of aliphatic hydroxyl groups is 1. The largest absolute Gasteiger partial charge is 0.416 e. The summed E-state index contributed by atoms with van der Waals surface area (Å²) in [6, 6.07) is 4.09. The average molecular weight is 287 g/mol. The maximum atomic E-state index is 12.4. The van der Waals surface area contributed by atoms with Crippen molar-refractivity contribution in [2.45, 2.75) is 24.9 Å². The van der Waals surface area contributed by atoms with Crippen molar-refractivity contribution in [1.29, 1.82) is 0 Å². The number of anilines is 1. The van der Waals surface area contributed by atoms with Crippen molar-refractivity contribution >= 4 is 5.69 Å². The van der Waals surface area contributed by atoms with Crippen LogP contribution in [-0.2, 0) is 6.18 Å². The van der Waals surface area contributed by atoms with E-state index in [0.717, 1.165) is 18.2 Å². The molecule has 0 spiro atoms. The van der Waals surface area contributed by atoms with Crippen LogP contribution in [0.25, 0.3) is 0 Å². The molecule has 0 aliphatic rings. The van der Waals surface area contributed by atoms with E-state index in [0.29, 0.717) is 0 Å². The van der Waals surface area contributed by atoms with Gasteiger partial charge in [-0.2, -0.15) is 26.3 Å². The van der Waals surface area contributed by atoms with Crippen molar-refractivity contribution in [3.05, 3.63) is 29.8 Å². The van der Waals surface area contributed by atoms with Gasteiger partial charge in [0.25, 0.3) is 0 Å². The highest BCUT2D eigenvalue weighted by Crippen LogP contribution is 2.30. The predicted octanol–water partition coefficient (Wildman–Crippen LogP) is 3.43. The van der Waals surface area contributed by atoms with Crippen LogP contribution in [0.2, 0.25) is 0 Å². The van der Waals surface area contributed by atoms with Crippen LogP contribution in [0.5, 0.6) is 0 Å². The Bertz CT molecular complexity index is 414. The number of benzene rings is 1. The molecule has 1 rings (SSSR count). The van der Waals surface area contributed by atoms with E-state index in [4.69, 9.17) is 5.11 Å². The minimum atomic E-state index is -4.73. The zero-order valence-corrected chi connectivity index (χ0v) is 9.52. The van der Waals surface area contributed by atoms with Gasteiger partial charge >= 0.3 is 12.4 Å². The fourth-order valence-electron chi connectivity index (χ4n) is 1.32. The molecule has 1 aromatic carbocycles. The molecular formula is C11H11F6NO. The zero-order chi connectivity index (χ0) is 14.7. The molecule has 2 N–H and O–H groups in total. The molecule has 0 radical (unpaired) electrons. The van der Waals surface area contributed by atoms with Gasteiger partial charge in [0.05, 0.1) is 5.56 Å². The lowest BCUT2D eigenvalue weighted by atomic mass is 10.2. The van der Waals surface area contributed by atoms with Gasteiger partial charge in [-0.15, -0.1) is 0 Å². The maximum Gasteiger partial charge on any atom is 0.416 e. The Labute approximate surface area is 105 Å². The van der Waals surface area contributed by atoms with Gasteiger partial charge < -0.3 is 10.4 Å². The van der Waals surface area contributed by atoms with Gasteiger partial charge in [-0.25, -0.2) is 0 Å². The van der Waals surface area contributed by atoms with Crippen molar-refractivity contribution in [1.82, 2.24) is 0 Å². The Morgan fingerprint density at radius 2 is 1.74 bits per heavy atom. The van der Waals surface area contributed by atoms with Crippen LogP contribution in [0.15, 0.2) is 24.3 Å². The highest BCUT2D eigenvalue weighted by Gasteiger charge is 2.37. The Balaban J connectivity index is 2.55. The lowest BCUT2D eigenvalue weighted by molar-refractivity contribution is -0.204. The second-order valence-corrected chi connectivity index (χ2v) is 3.85. The Kier molecular flexibility index (Phi) is 4.67. The minimum absolute atomic E-state index is 0.0456. The van der Waals surface area contributed by atoms with E-state index in [2.05, 4.69) is 5.32 Å². The molecule has 0 fully saturated rings. The fraction of sp³-hybridized carbons (Fsp3) is 0.455. The topological polar surface area (TPSA) is 32.3 Å². The minimum Gasteiger partial charge on any atom is -0.385 e. The Morgan fingerprint density at radius 1 is 1.11 bits per heavy atom. The molecule has 0 saturated heterocycles. The van der Waals surface area contributed by atoms with E-state index in [-0.39, 0.29) is 12.2 Å². The number of aliphatic hydroxyl groups excluding tert-OH is 1. The van der Waals surface area contributed by atoms with Gasteiger partial charge in [-0.05, 0) is 24.6 Å². The van der Waals surface area contributed by atoms with E-state index in [1.54, 1.807) is 0 Å². The standard InChI is InChI=1S/C11H11F6NO/c12-10(13,14)7-2-1-3-8(6-7)18-5-4-9(19)11(15,16)17/h1-3,6,9,18-19H,4-5H2. The van der Waals surface area contributed by atoms with Gasteiger partial charge in [-0.3, -0.25) is 0 Å². The first-order valence-corrected chi connectivity index (χ1v) is 5.26. The van der Waals surface area contributed by atoms with Crippen LogP contribution in [0.1, 0.15) is 12.0 Å². The molecule has 1 aromatic rings. The Hall–Kier alpha value is -1.44. The van der Waals surface area contributed by atoms with Crippen LogP contribution in [0, 0.1) is 0 Å². The summed E-state index contributed by atoms with van der Waals surface area (Å²) in [5.74, 6) is 0. The molecule has 0 heterocycles. The fourth-order valence-corrected chi connectivity index (χ4v) is 1.32. The van der Waals surface area contributed by atoms with Crippen LogP contribution in [0.4, 0.5) is 32.0 Å². The number of hydrogen-bond donors (Lipinski definition) is 2. The van der Waals surface area contributed by atoms with Gasteiger partial charge in [0.15, 0.2) is 6.10 Å². The maximum absolute atomic E-state index is 12.4. The molecule has 0 saturated carbocycles. The number of hydrogen-bond acceptors (Lipinski definition) is 2. The van der Waals surface area contributed by atoms with Crippen molar-refractivity contribution in [3.8, 4) is 0 Å². The monoisotopic (exact) mass is 287 g/mol. The summed E-state index contributed by atoms with van der Waals surface area (Å²) in [4.78, 5) is 0. The zero-order valence-electron chi connectivity index (χ0n) is 9.52. The molecular weight excluding hydrogens is 276 g/mol. The first-order chi connectivity index (χ1) is 8.60. The van der Waals surface area contributed by atoms with Crippen LogP contribution in [0.3, 0.4) is 0 Å². The molecule has 0 bridgehead atoms. The third-order valence-electron chi connectivity index (χ3n) is 2.31. The Morgan fingerprint density at radius 3 is 2.26 bits per heavy atom. The third-order valence-corrected chi connectivity index (χ3v) is 2.31. The summed E-state index contributed by atoms with van der Waals surface area (Å²) < 4.78 is 73.0. The van der Waals surface area contributed by atoms with Crippen LogP contribution in [-0.4, -0.2) is 23.9 Å². The summed E-state index contributed by atoms with van der Waals surface area (Å²) >= 11 is 0. The average Bonchev–Trinajstić information content (AvgIpc) is 2.27. The van der Waals surface area contributed by atoms with E-state index < -0.39 is 30.4 Å². The quantitative estimate of drug-likeness (QED) is 0.832. The number of rotatable bonds is 4. The van der Waals surface area contributed by atoms with Crippen LogP contribution < -0.4 is 5.32 Å². The lowest BCUT2D eigenvalue weighted by Crippen LogP contribution is -2.30. The first kappa shape index (κ1) is 15.6. The predicted molar refractivity (Wildman–Crippen MR) is 56.6 cm³/mol. The smallest absolute Gasteiger partial charge is 0.385 e. The molecule has 2 nitrogen and oxygen atoms in total. The van der Waals surface area contributed by atoms with E-state index in [1.165, 1.54) is 6.07 Å².